The summed E-state index contributed by atoms with van der Waals surface area (Å²) in [6.45, 7) is 8.78. The number of quaternary nitrogens is 1. The van der Waals surface area contributed by atoms with Crippen LogP contribution in [0.15, 0.2) is 0 Å². The van der Waals surface area contributed by atoms with Crippen molar-refractivity contribution in [2.45, 2.75) is 141 Å². The minimum absolute atomic E-state index is 0.0638. The normalized spacial score (nSPS) is 15.5. The first-order valence-electron chi connectivity index (χ1n) is 19.5. The van der Waals surface area contributed by atoms with Gasteiger partial charge in [0.2, 0.25) is 53.2 Å². The predicted molar refractivity (Wildman–Crippen MR) is 210 cm³/mol. The van der Waals surface area contributed by atoms with Crippen LogP contribution < -0.4 is 60.2 Å². The van der Waals surface area contributed by atoms with Gasteiger partial charge in [0.1, 0.15) is 36.3 Å². The van der Waals surface area contributed by atoms with Crippen LogP contribution in [-0.2, 0) is 52.7 Å². The van der Waals surface area contributed by atoms with Crippen molar-refractivity contribution in [3.8, 4) is 0 Å². The molecule has 10 amide bonds. The largest absolute Gasteiger partial charge is 0.480 e. The van der Waals surface area contributed by atoms with Crippen LogP contribution in [0.2, 0.25) is 0 Å². The van der Waals surface area contributed by atoms with Crippen molar-refractivity contribution < 1.29 is 68.7 Å². The molecule has 0 aromatic carbocycles. The molecule has 0 bridgehead atoms. The van der Waals surface area contributed by atoms with E-state index in [4.69, 9.17) is 17.2 Å². The molecule has 24 heteroatoms. The second-order valence-corrected chi connectivity index (χ2v) is 15.0. The molecule has 0 rings (SSSR count). The maximum Gasteiger partial charge on any atom is 0.326 e. The van der Waals surface area contributed by atoms with Gasteiger partial charge >= 0.3 is 5.97 Å². The molecule has 0 heterocycles. The van der Waals surface area contributed by atoms with Gasteiger partial charge in [0.25, 0.3) is 5.91 Å². The monoisotopic (exact) mass is 858 g/mol. The number of aliphatic hydroxyl groups excluding tert-OH is 1. The summed E-state index contributed by atoms with van der Waals surface area (Å²) in [5, 5.41) is 36.3. The van der Waals surface area contributed by atoms with E-state index in [2.05, 4.69) is 43.0 Å². The Morgan fingerprint density at radius 1 is 0.567 bits per heavy atom. The molecule has 0 spiro atoms. The molecular formula is C36H64N11O13+. The van der Waals surface area contributed by atoms with Crippen molar-refractivity contribution in [3.63, 3.8) is 0 Å². The fourth-order valence-electron chi connectivity index (χ4n) is 5.34. The van der Waals surface area contributed by atoms with Gasteiger partial charge in [0.15, 0.2) is 6.04 Å². The van der Waals surface area contributed by atoms with Gasteiger partial charge in [-0.25, -0.2) is 4.79 Å². The summed E-state index contributed by atoms with van der Waals surface area (Å²) in [6, 6.07) is -9.48. The van der Waals surface area contributed by atoms with E-state index in [1.807, 2.05) is 0 Å². The van der Waals surface area contributed by atoms with E-state index in [-0.39, 0.29) is 31.1 Å². The number of hydrogen-bond donors (Lipinski definition) is 13. The molecule has 9 atom stereocenters. The van der Waals surface area contributed by atoms with Gasteiger partial charge in [-0.2, -0.15) is 0 Å². The first-order chi connectivity index (χ1) is 27.8. The van der Waals surface area contributed by atoms with Gasteiger partial charge < -0.3 is 70.4 Å². The maximum atomic E-state index is 13.4. The molecule has 60 heavy (non-hydrogen) atoms. The molecule has 0 aliphatic heterocycles. The van der Waals surface area contributed by atoms with Crippen molar-refractivity contribution in [2.75, 3.05) is 6.54 Å². The molecule has 0 aromatic heterocycles. The van der Waals surface area contributed by atoms with Crippen LogP contribution >= 0.6 is 0 Å². The topological polar surface area (TPSA) is 418 Å². The third kappa shape index (κ3) is 21.2. The lowest BCUT2D eigenvalue weighted by Crippen LogP contribution is -2.69. The number of nitrogens with two attached hydrogens (primary N) is 3. The fourth-order valence-corrected chi connectivity index (χ4v) is 5.34. The SMILES string of the molecule is CC[C@H](C)[C@H](NC(=O)[C@@H]([NH3+])CCC(N)=O)C(=O)NCC(=O)N[C@@H](CC(C)C)C(=O)N[C@@H](C)C(=O)N[C@@H](CCC(N)=O)C(=O)N[C@H](C(=O)N[C@@H](CCC(N)=O)C(=O)O)[C@@H](C)O. The predicted octanol–water partition coefficient (Wildman–Crippen LogP) is -6.00. The number of nitrogens with one attached hydrogen (secondary N) is 7. The van der Waals surface area contributed by atoms with Crippen LogP contribution in [0.25, 0.3) is 0 Å². The molecule has 0 fully saturated rings. The van der Waals surface area contributed by atoms with Crippen LogP contribution in [-0.4, -0.2) is 130 Å². The summed E-state index contributed by atoms with van der Waals surface area (Å²) < 4.78 is 0. The Kier molecular flexibility index (Phi) is 24.3. The lowest BCUT2D eigenvalue weighted by Gasteiger charge is -2.27. The number of amides is 10. The third-order valence-electron chi connectivity index (χ3n) is 9.11. The summed E-state index contributed by atoms with van der Waals surface area (Å²) in [4.78, 5) is 137. The van der Waals surface area contributed by atoms with Gasteiger partial charge in [0, 0.05) is 25.7 Å². The highest BCUT2D eigenvalue weighted by Crippen LogP contribution is 2.10. The van der Waals surface area contributed by atoms with Crippen molar-refractivity contribution in [1.82, 2.24) is 37.2 Å². The Morgan fingerprint density at radius 3 is 1.53 bits per heavy atom. The number of aliphatic hydroxyl groups is 1. The molecule has 340 valence electrons. The molecule has 0 aliphatic rings. The molecule has 0 saturated carbocycles. The third-order valence-corrected chi connectivity index (χ3v) is 9.11. The van der Waals surface area contributed by atoms with Gasteiger partial charge in [-0.15, -0.1) is 0 Å². The Balaban J connectivity index is 5.82. The minimum atomic E-state index is -1.77. The van der Waals surface area contributed by atoms with Crippen LogP contribution in [0, 0.1) is 11.8 Å². The lowest BCUT2D eigenvalue weighted by atomic mass is 9.97. The molecule has 18 N–H and O–H groups in total. The number of carbonyl (C=O) groups excluding carboxylic acids is 10. The van der Waals surface area contributed by atoms with Crippen LogP contribution in [0.1, 0.15) is 92.9 Å². The molecule has 0 saturated heterocycles. The zero-order valence-corrected chi connectivity index (χ0v) is 35.0. The summed E-state index contributed by atoms with van der Waals surface area (Å²) in [6.07, 6.45) is -2.70. The summed E-state index contributed by atoms with van der Waals surface area (Å²) in [5.41, 5.74) is 19.1. The highest BCUT2D eigenvalue weighted by Gasteiger charge is 2.34. The van der Waals surface area contributed by atoms with E-state index >= 15 is 0 Å². The molecule has 0 aliphatic carbocycles. The molecule has 0 radical (unpaired) electrons. The Morgan fingerprint density at radius 2 is 1.05 bits per heavy atom. The summed E-state index contributed by atoms with van der Waals surface area (Å²) >= 11 is 0. The van der Waals surface area contributed by atoms with E-state index in [0.717, 1.165) is 6.92 Å². The Bertz CT molecular complexity index is 1560. The Hall–Kier alpha value is -5.91. The average Bonchev–Trinajstić information content (AvgIpc) is 3.15. The van der Waals surface area contributed by atoms with Crippen molar-refractivity contribution in [1.29, 1.82) is 0 Å². The summed E-state index contributed by atoms with van der Waals surface area (Å²) in [5.74, 6) is -10.5. The maximum absolute atomic E-state index is 13.4. The number of hydrogen-bond acceptors (Lipinski definition) is 12. The van der Waals surface area contributed by atoms with E-state index in [9.17, 15) is 63.0 Å². The van der Waals surface area contributed by atoms with Crippen molar-refractivity contribution in [2.24, 2.45) is 29.0 Å². The highest BCUT2D eigenvalue weighted by molar-refractivity contribution is 5.97. The minimum Gasteiger partial charge on any atom is -0.480 e. The number of primary amides is 3. The van der Waals surface area contributed by atoms with Gasteiger partial charge in [0.05, 0.1) is 12.6 Å². The number of carboxylic acids is 1. The average molecular weight is 859 g/mol. The van der Waals surface area contributed by atoms with E-state index < -0.39 is 146 Å². The van der Waals surface area contributed by atoms with Crippen LogP contribution in [0.5, 0.6) is 0 Å². The van der Waals surface area contributed by atoms with E-state index in [0.29, 0.717) is 6.42 Å². The second-order valence-electron chi connectivity index (χ2n) is 15.0. The first kappa shape index (κ1) is 54.1. The van der Waals surface area contributed by atoms with Crippen LogP contribution in [0.3, 0.4) is 0 Å². The Labute approximate surface area is 347 Å². The zero-order chi connectivity index (χ0) is 46.4. The number of carboxylic acid groups (broad SMARTS) is 1. The molecule has 24 nitrogen and oxygen atoms in total. The van der Waals surface area contributed by atoms with Gasteiger partial charge in [-0.3, -0.25) is 47.9 Å². The number of aliphatic carboxylic acids is 1. The zero-order valence-electron chi connectivity index (χ0n) is 35.0. The van der Waals surface area contributed by atoms with Crippen LogP contribution in [0.4, 0.5) is 0 Å². The summed E-state index contributed by atoms with van der Waals surface area (Å²) in [7, 11) is 0. The highest BCUT2D eigenvalue weighted by atomic mass is 16.4. The second kappa shape index (κ2) is 27.0. The van der Waals surface area contributed by atoms with Gasteiger partial charge in [-0.1, -0.05) is 34.1 Å². The first-order valence-corrected chi connectivity index (χ1v) is 19.5. The standard InChI is InChI=1S/C36H63N11O13/c1-7-17(4)28(46-31(54)20(37)8-11-24(38)49)34(57)41-15-27(52)43-23(14-16(2)3)33(56)42-18(5)30(53)44-21(9-12-25(39)50)32(55)47-29(19(6)48)35(58)45-22(36(59)60)10-13-26(40)51/h16-23,28-29,48H,7-15,37H2,1-6H3,(H2,38,49)(H2,39,50)(H2,40,51)(H,41,57)(H,42,56)(H,43,52)(H,44,53)(H,45,58)(H,46,54)(H,47,55)(H,59,60)/p+1/t17-,18-,19+,20-,21-,22-,23-,28-,29-/m0/s1. The lowest BCUT2D eigenvalue weighted by molar-refractivity contribution is -0.405. The van der Waals surface area contributed by atoms with Crippen molar-refractivity contribution in [3.05, 3.63) is 0 Å². The molecular weight excluding hydrogens is 794 g/mol. The van der Waals surface area contributed by atoms with E-state index in [1.165, 1.54) is 6.92 Å². The van der Waals surface area contributed by atoms with Crippen molar-refractivity contribution >= 4 is 65.0 Å². The quantitative estimate of drug-likeness (QED) is 0.0334. The number of rotatable bonds is 29. The van der Waals surface area contributed by atoms with E-state index in [1.54, 1.807) is 27.7 Å². The van der Waals surface area contributed by atoms with Gasteiger partial charge in [-0.05, 0) is 44.9 Å². The fraction of sp³-hybridized carbons (Fsp3) is 0.694. The molecule has 0 aromatic rings. The molecule has 0 unspecified atom stereocenters. The number of carbonyl (C=O) groups is 11. The smallest absolute Gasteiger partial charge is 0.326 e.